The Hall–Kier alpha value is -3.13. The van der Waals surface area contributed by atoms with Gasteiger partial charge in [0.25, 0.3) is 5.91 Å². The lowest BCUT2D eigenvalue weighted by Gasteiger charge is -2.34. The molecule has 2 aromatic rings. The van der Waals surface area contributed by atoms with Crippen molar-refractivity contribution in [2.45, 2.75) is 20.8 Å². The number of carbonyl (C=O) groups excluding carboxylic acids is 2. The zero-order chi connectivity index (χ0) is 23.1. The molecular formula is C24H30FN3O4. The van der Waals surface area contributed by atoms with Crippen LogP contribution in [-0.4, -0.2) is 67.6 Å². The van der Waals surface area contributed by atoms with Gasteiger partial charge in [0.2, 0.25) is 5.91 Å². The third-order valence-corrected chi connectivity index (χ3v) is 5.28. The van der Waals surface area contributed by atoms with Crippen LogP contribution in [0.4, 0.5) is 10.1 Å². The van der Waals surface area contributed by atoms with Gasteiger partial charge in [-0.1, -0.05) is 6.07 Å². The summed E-state index contributed by atoms with van der Waals surface area (Å²) < 4.78 is 24.9. The lowest BCUT2D eigenvalue weighted by atomic mass is 10.1. The molecule has 3 rings (SSSR count). The van der Waals surface area contributed by atoms with Crippen molar-refractivity contribution in [2.24, 2.45) is 0 Å². The number of aryl methyl sites for hydroxylation is 1. The minimum Gasteiger partial charge on any atom is -0.494 e. The van der Waals surface area contributed by atoms with Crippen molar-refractivity contribution >= 4 is 17.5 Å². The molecule has 1 heterocycles. The highest BCUT2D eigenvalue weighted by Gasteiger charge is 2.24. The largest absolute Gasteiger partial charge is 0.494 e. The molecule has 1 fully saturated rings. The highest BCUT2D eigenvalue weighted by atomic mass is 19.1. The first-order chi connectivity index (χ1) is 15.4. The lowest BCUT2D eigenvalue weighted by molar-refractivity contribution is -0.117. The van der Waals surface area contributed by atoms with Gasteiger partial charge in [0.1, 0.15) is 17.3 Å². The van der Waals surface area contributed by atoms with Crippen molar-refractivity contribution < 1.29 is 23.5 Å². The van der Waals surface area contributed by atoms with Gasteiger partial charge in [-0.2, -0.15) is 0 Å². The van der Waals surface area contributed by atoms with Gasteiger partial charge < -0.3 is 19.7 Å². The van der Waals surface area contributed by atoms with Gasteiger partial charge in [0, 0.05) is 37.8 Å². The van der Waals surface area contributed by atoms with Gasteiger partial charge >= 0.3 is 0 Å². The van der Waals surface area contributed by atoms with Crippen molar-refractivity contribution in [3.63, 3.8) is 0 Å². The van der Waals surface area contributed by atoms with Crippen LogP contribution in [-0.2, 0) is 4.79 Å². The molecule has 0 radical (unpaired) electrons. The number of amides is 2. The highest BCUT2D eigenvalue weighted by molar-refractivity contribution is 5.95. The number of rotatable bonds is 8. The third-order valence-electron chi connectivity index (χ3n) is 5.28. The number of hydrogen-bond donors (Lipinski definition) is 1. The summed E-state index contributed by atoms with van der Waals surface area (Å²) in [4.78, 5) is 29.0. The summed E-state index contributed by atoms with van der Waals surface area (Å²) in [6, 6.07) is 9.88. The molecule has 1 saturated heterocycles. The van der Waals surface area contributed by atoms with E-state index in [9.17, 15) is 14.0 Å². The van der Waals surface area contributed by atoms with Crippen molar-refractivity contribution in [2.75, 3.05) is 51.3 Å². The predicted octanol–water partition coefficient (Wildman–Crippen LogP) is 3.33. The van der Waals surface area contributed by atoms with E-state index in [0.717, 1.165) is 0 Å². The molecular weight excluding hydrogens is 413 g/mol. The van der Waals surface area contributed by atoms with Crippen LogP contribution in [0.3, 0.4) is 0 Å². The van der Waals surface area contributed by atoms with E-state index in [1.54, 1.807) is 42.2 Å². The van der Waals surface area contributed by atoms with E-state index in [-0.39, 0.29) is 24.2 Å². The number of nitrogens with one attached hydrogen (secondary N) is 1. The quantitative estimate of drug-likeness (QED) is 0.678. The van der Waals surface area contributed by atoms with Gasteiger partial charge in [-0.25, -0.2) is 4.39 Å². The van der Waals surface area contributed by atoms with Crippen molar-refractivity contribution in [3.8, 4) is 11.5 Å². The zero-order valence-electron chi connectivity index (χ0n) is 18.8. The SMILES string of the molecule is CCOc1ccc(OCC)c(NC(=O)CN2CCN(C(=O)c3ccc(C)c(F)c3)CC2)c1. The minimum absolute atomic E-state index is 0.167. The van der Waals surface area contributed by atoms with Crippen molar-refractivity contribution in [1.29, 1.82) is 0 Å². The number of carbonyl (C=O) groups is 2. The Morgan fingerprint density at radius 2 is 1.72 bits per heavy atom. The van der Waals surface area contributed by atoms with Crippen molar-refractivity contribution in [3.05, 3.63) is 53.3 Å². The Morgan fingerprint density at radius 1 is 1.00 bits per heavy atom. The normalized spacial score (nSPS) is 14.2. The Labute approximate surface area is 188 Å². The summed E-state index contributed by atoms with van der Waals surface area (Å²) in [5.41, 5.74) is 1.42. The first-order valence-electron chi connectivity index (χ1n) is 10.9. The number of benzene rings is 2. The van der Waals surface area contributed by atoms with Gasteiger partial charge in [0.15, 0.2) is 0 Å². The molecule has 0 aromatic heterocycles. The number of ether oxygens (including phenoxy) is 2. The van der Waals surface area contributed by atoms with E-state index < -0.39 is 0 Å². The fourth-order valence-electron chi connectivity index (χ4n) is 3.55. The van der Waals surface area contributed by atoms with Crippen LogP contribution < -0.4 is 14.8 Å². The molecule has 0 spiro atoms. The van der Waals surface area contributed by atoms with Gasteiger partial charge in [-0.05, 0) is 50.6 Å². The second-order valence-electron chi connectivity index (χ2n) is 7.60. The summed E-state index contributed by atoms with van der Waals surface area (Å²) in [6.07, 6.45) is 0. The van der Waals surface area contributed by atoms with Gasteiger partial charge in [0.05, 0.1) is 25.4 Å². The van der Waals surface area contributed by atoms with Crippen LogP contribution in [0.15, 0.2) is 36.4 Å². The molecule has 8 heteroatoms. The molecule has 0 saturated carbocycles. The Kier molecular flexibility index (Phi) is 8.05. The summed E-state index contributed by atoms with van der Waals surface area (Å²) in [6.45, 7) is 8.73. The molecule has 0 bridgehead atoms. The standard InChI is InChI=1S/C24H30FN3O4/c1-4-31-19-8-9-22(32-5-2)21(15-19)26-23(29)16-27-10-12-28(13-11-27)24(30)18-7-6-17(3)20(25)14-18/h6-9,14-15H,4-5,10-13,16H2,1-3H3,(H,26,29). The summed E-state index contributed by atoms with van der Waals surface area (Å²) in [5.74, 6) is 0.504. The molecule has 2 aromatic carbocycles. The monoisotopic (exact) mass is 443 g/mol. The van der Waals surface area contributed by atoms with E-state index in [0.29, 0.717) is 67.7 Å². The fraction of sp³-hybridized carbons (Fsp3) is 0.417. The van der Waals surface area contributed by atoms with Crippen LogP contribution >= 0.6 is 0 Å². The lowest BCUT2D eigenvalue weighted by Crippen LogP contribution is -2.50. The molecule has 1 aliphatic rings. The Morgan fingerprint density at radius 3 is 2.38 bits per heavy atom. The van der Waals surface area contributed by atoms with Gasteiger partial charge in [-0.15, -0.1) is 0 Å². The number of halogens is 1. The fourth-order valence-corrected chi connectivity index (χ4v) is 3.55. The van der Waals surface area contributed by atoms with Gasteiger partial charge in [-0.3, -0.25) is 14.5 Å². The first-order valence-corrected chi connectivity index (χ1v) is 10.9. The maximum atomic E-state index is 13.8. The third kappa shape index (κ3) is 5.97. The summed E-state index contributed by atoms with van der Waals surface area (Å²) in [7, 11) is 0. The maximum absolute atomic E-state index is 13.8. The second kappa shape index (κ2) is 10.9. The average molecular weight is 444 g/mol. The number of piperazine rings is 1. The van der Waals surface area contributed by atoms with E-state index in [1.165, 1.54) is 6.07 Å². The van der Waals surface area contributed by atoms with Crippen LogP contribution in [0.1, 0.15) is 29.8 Å². The molecule has 0 atom stereocenters. The Balaban J connectivity index is 1.55. The molecule has 0 aliphatic carbocycles. The highest BCUT2D eigenvalue weighted by Crippen LogP contribution is 2.29. The van der Waals surface area contributed by atoms with Crippen LogP contribution in [0.5, 0.6) is 11.5 Å². The summed E-state index contributed by atoms with van der Waals surface area (Å²) >= 11 is 0. The van der Waals surface area contributed by atoms with E-state index in [2.05, 4.69) is 5.32 Å². The smallest absolute Gasteiger partial charge is 0.254 e. The molecule has 1 aliphatic heterocycles. The minimum atomic E-state index is -0.383. The number of anilines is 1. The molecule has 32 heavy (non-hydrogen) atoms. The van der Waals surface area contributed by atoms with Crippen LogP contribution in [0, 0.1) is 12.7 Å². The number of hydrogen-bond acceptors (Lipinski definition) is 5. The maximum Gasteiger partial charge on any atom is 0.254 e. The molecule has 7 nitrogen and oxygen atoms in total. The molecule has 2 amide bonds. The Bertz CT molecular complexity index is 958. The van der Waals surface area contributed by atoms with E-state index >= 15 is 0 Å². The molecule has 172 valence electrons. The molecule has 0 unspecified atom stereocenters. The average Bonchev–Trinajstić information content (AvgIpc) is 2.78. The second-order valence-corrected chi connectivity index (χ2v) is 7.60. The first kappa shape index (κ1) is 23.5. The predicted molar refractivity (Wildman–Crippen MR) is 121 cm³/mol. The van der Waals surface area contributed by atoms with Crippen LogP contribution in [0.25, 0.3) is 0 Å². The van der Waals surface area contributed by atoms with Crippen LogP contribution in [0.2, 0.25) is 0 Å². The van der Waals surface area contributed by atoms with Crippen molar-refractivity contribution in [1.82, 2.24) is 9.80 Å². The topological polar surface area (TPSA) is 71.1 Å². The van der Waals surface area contributed by atoms with E-state index in [4.69, 9.17) is 9.47 Å². The molecule has 1 N–H and O–H groups in total. The number of nitrogens with zero attached hydrogens (tertiary/aromatic N) is 2. The summed E-state index contributed by atoms with van der Waals surface area (Å²) in [5, 5.41) is 2.90. The zero-order valence-corrected chi connectivity index (χ0v) is 18.8. The van der Waals surface area contributed by atoms with E-state index in [1.807, 2.05) is 18.7 Å².